The molecule has 0 aliphatic carbocycles. The van der Waals surface area contributed by atoms with E-state index in [1.807, 2.05) is 6.07 Å². The molecule has 19 heavy (non-hydrogen) atoms. The summed E-state index contributed by atoms with van der Waals surface area (Å²) >= 11 is 0. The second kappa shape index (κ2) is 6.20. The summed E-state index contributed by atoms with van der Waals surface area (Å²) in [6, 6.07) is 12.0. The molecule has 0 saturated heterocycles. The van der Waals surface area contributed by atoms with Crippen LogP contribution in [0, 0.1) is 5.82 Å². The summed E-state index contributed by atoms with van der Waals surface area (Å²) in [5, 5.41) is 0. The number of hydrogen-bond donors (Lipinski definition) is 1. The summed E-state index contributed by atoms with van der Waals surface area (Å²) in [4.78, 5) is 0. The van der Waals surface area contributed by atoms with Crippen molar-refractivity contribution in [1.82, 2.24) is 0 Å². The molecule has 2 aromatic rings. The maximum Gasteiger partial charge on any atom is 0.141 e. The predicted molar refractivity (Wildman–Crippen MR) is 72.3 cm³/mol. The SMILES string of the molecule is COc1ccc(COCc2ccccc2F)cc1N. The van der Waals surface area contributed by atoms with E-state index in [2.05, 4.69) is 0 Å². The molecule has 0 aromatic heterocycles. The van der Waals surface area contributed by atoms with Gasteiger partial charge in [0.15, 0.2) is 0 Å². The zero-order valence-electron chi connectivity index (χ0n) is 10.7. The van der Waals surface area contributed by atoms with Gasteiger partial charge in [-0.05, 0) is 23.8 Å². The van der Waals surface area contributed by atoms with Crippen LogP contribution in [-0.2, 0) is 18.0 Å². The molecular weight excluding hydrogens is 245 g/mol. The highest BCUT2D eigenvalue weighted by Gasteiger charge is 2.03. The fourth-order valence-electron chi connectivity index (χ4n) is 1.77. The Labute approximate surface area is 111 Å². The van der Waals surface area contributed by atoms with E-state index in [1.54, 1.807) is 37.4 Å². The molecule has 0 heterocycles. The first-order chi connectivity index (χ1) is 9.20. The monoisotopic (exact) mass is 261 g/mol. The average Bonchev–Trinajstić information content (AvgIpc) is 2.41. The molecule has 100 valence electrons. The topological polar surface area (TPSA) is 44.5 Å². The molecule has 2 N–H and O–H groups in total. The fraction of sp³-hybridized carbons (Fsp3) is 0.200. The van der Waals surface area contributed by atoms with E-state index in [0.29, 0.717) is 23.6 Å². The first kappa shape index (κ1) is 13.4. The van der Waals surface area contributed by atoms with Gasteiger partial charge in [-0.2, -0.15) is 0 Å². The van der Waals surface area contributed by atoms with Crippen LogP contribution in [0.2, 0.25) is 0 Å². The molecule has 4 heteroatoms. The third-order valence-electron chi connectivity index (χ3n) is 2.78. The van der Waals surface area contributed by atoms with E-state index in [-0.39, 0.29) is 12.4 Å². The maximum absolute atomic E-state index is 13.4. The van der Waals surface area contributed by atoms with Crippen LogP contribution in [0.5, 0.6) is 5.75 Å². The number of ether oxygens (including phenoxy) is 2. The van der Waals surface area contributed by atoms with Crippen LogP contribution in [-0.4, -0.2) is 7.11 Å². The van der Waals surface area contributed by atoms with Crippen LogP contribution >= 0.6 is 0 Å². The van der Waals surface area contributed by atoms with Crippen molar-refractivity contribution in [1.29, 1.82) is 0 Å². The first-order valence-electron chi connectivity index (χ1n) is 5.94. The van der Waals surface area contributed by atoms with Crippen LogP contribution in [0.1, 0.15) is 11.1 Å². The van der Waals surface area contributed by atoms with Gasteiger partial charge in [-0.1, -0.05) is 24.3 Å². The Morgan fingerprint density at radius 1 is 1.11 bits per heavy atom. The fourth-order valence-corrected chi connectivity index (χ4v) is 1.77. The van der Waals surface area contributed by atoms with Crippen molar-refractivity contribution < 1.29 is 13.9 Å². The van der Waals surface area contributed by atoms with Crippen molar-refractivity contribution in [2.45, 2.75) is 13.2 Å². The van der Waals surface area contributed by atoms with Gasteiger partial charge >= 0.3 is 0 Å². The minimum Gasteiger partial charge on any atom is -0.495 e. The molecule has 0 atom stereocenters. The average molecular weight is 261 g/mol. The number of benzene rings is 2. The Balaban J connectivity index is 1.93. The minimum atomic E-state index is -0.253. The Morgan fingerprint density at radius 3 is 2.58 bits per heavy atom. The molecular formula is C15H16FNO2. The Bertz CT molecular complexity index is 558. The summed E-state index contributed by atoms with van der Waals surface area (Å²) in [6.45, 7) is 0.612. The van der Waals surface area contributed by atoms with E-state index in [0.717, 1.165) is 5.56 Å². The Hall–Kier alpha value is -2.07. The lowest BCUT2D eigenvalue weighted by Crippen LogP contribution is -1.98. The molecule has 0 aliphatic rings. The summed E-state index contributed by atoms with van der Waals surface area (Å²) in [5.74, 6) is 0.384. The number of anilines is 1. The second-order valence-electron chi connectivity index (χ2n) is 4.16. The second-order valence-corrected chi connectivity index (χ2v) is 4.16. The summed E-state index contributed by atoms with van der Waals surface area (Å²) in [6.07, 6.45) is 0. The van der Waals surface area contributed by atoms with Crippen molar-refractivity contribution in [3.63, 3.8) is 0 Å². The Morgan fingerprint density at radius 2 is 1.89 bits per heavy atom. The van der Waals surface area contributed by atoms with Gasteiger partial charge in [-0.15, -0.1) is 0 Å². The number of rotatable bonds is 5. The van der Waals surface area contributed by atoms with Crippen molar-refractivity contribution >= 4 is 5.69 Å². The highest BCUT2D eigenvalue weighted by molar-refractivity contribution is 5.54. The highest BCUT2D eigenvalue weighted by atomic mass is 19.1. The zero-order valence-corrected chi connectivity index (χ0v) is 10.7. The van der Waals surface area contributed by atoms with Gasteiger partial charge in [0.2, 0.25) is 0 Å². The normalized spacial score (nSPS) is 10.4. The quantitative estimate of drug-likeness (QED) is 0.841. The van der Waals surface area contributed by atoms with Crippen molar-refractivity contribution in [2.75, 3.05) is 12.8 Å². The zero-order chi connectivity index (χ0) is 13.7. The van der Waals surface area contributed by atoms with Gasteiger partial charge in [0.1, 0.15) is 11.6 Å². The summed E-state index contributed by atoms with van der Waals surface area (Å²) in [7, 11) is 1.57. The number of nitrogens with two attached hydrogens (primary N) is 1. The van der Waals surface area contributed by atoms with Crippen LogP contribution in [0.3, 0.4) is 0 Å². The van der Waals surface area contributed by atoms with Crippen molar-refractivity contribution in [3.8, 4) is 5.75 Å². The largest absolute Gasteiger partial charge is 0.495 e. The van der Waals surface area contributed by atoms with Gasteiger partial charge in [0, 0.05) is 5.56 Å². The summed E-state index contributed by atoms with van der Waals surface area (Å²) < 4.78 is 23.9. The standard InChI is InChI=1S/C15H16FNO2/c1-18-15-7-6-11(8-14(15)17)9-19-10-12-4-2-3-5-13(12)16/h2-8H,9-10,17H2,1H3. The Kier molecular flexibility index (Phi) is 4.36. The van der Waals surface area contributed by atoms with Crippen molar-refractivity contribution in [3.05, 3.63) is 59.4 Å². The van der Waals surface area contributed by atoms with Crippen LogP contribution in [0.25, 0.3) is 0 Å². The number of nitrogen functional groups attached to an aromatic ring is 1. The molecule has 3 nitrogen and oxygen atoms in total. The van der Waals surface area contributed by atoms with E-state index in [4.69, 9.17) is 15.2 Å². The molecule has 0 aliphatic heterocycles. The van der Waals surface area contributed by atoms with E-state index in [1.165, 1.54) is 6.07 Å². The van der Waals surface area contributed by atoms with Crippen LogP contribution in [0.15, 0.2) is 42.5 Å². The van der Waals surface area contributed by atoms with Gasteiger partial charge in [-0.25, -0.2) is 4.39 Å². The molecule has 0 unspecified atom stereocenters. The van der Waals surface area contributed by atoms with E-state index in [9.17, 15) is 4.39 Å². The van der Waals surface area contributed by atoms with Gasteiger partial charge in [-0.3, -0.25) is 0 Å². The predicted octanol–water partition coefficient (Wildman–Crippen LogP) is 3.13. The summed E-state index contributed by atoms with van der Waals surface area (Å²) in [5.41, 5.74) is 7.83. The highest BCUT2D eigenvalue weighted by Crippen LogP contribution is 2.22. The smallest absolute Gasteiger partial charge is 0.141 e. The lowest BCUT2D eigenvalue weighted by atomic mass is 10.2. The molecule has 0 bridgehead atoms. The molecule has 0 amide bonds. The molecule has 2 rings (SSSR count). The number of hydrogen-bond acceptors (Lipinski definition) is 3. The third kappa shape index (κ3) is 3.45. The van der Waals surface area contributed by atoms with Crippen LogP contribution in [0.4, 0.5) is 10.1 Å². The van der Waals surface area contributed by atoms with Gasteiger partial charge in [0.05, 0.1) is 26.0 Å². The van der Waals surface area contributed by atoms with E-state index >= 15 is 0 Å². The molecule has 0 fully saturated rings. The number of halogens is 1. The maximum atomic E-state index is 13.4. The van der Waals surface area contributed by atoms with Crippen LogP contribution < -0.4 is 10.5 Å². The molecule has 0 radical (unpaired) electrons. The molecule has 0 spiro atoms. The molecule has 0 saturated carbocycles. The van der Waals surface area contributed by atoms with Gasteiger partial charge < -0.3 is 15.2 Å². The minimum absolute atomic E-state index is 0.235. The third-order valence-corrected chi connectivity index (χ3v) is 2.78. The lowest BCUT2D eigenvalue weighted by molar-refractivity contribution is 0.105. The first-order valence-corrected chi connectivity index (χ1v) is 5.94. The number of methoxy groups -OCH3 is 1. The lowest BCUT2D eigenvalue weighted by Gasteiger charge is -2.08. The molecule has 2 aromatic carbocycles. The van der Waals surface area contributed by atoms with Gasteiger partial charge in [0.25, 0.3) is 0 Å². The van der Waals surface area contributed by atoms with Crippen molar-refractivity contribution in [2.24, 2.45) is 0 Å². The van der Waals surface area contributed by atoms with E-state index < -0.39 is 0 Å².